The predicted octanol–water partition coefficient (Wildman–Crippen LogP) is 3.55. The van der Waals surface area contributed by atoms with Crippen molar-refractivity contribution in [2.75, 3.05) is 52.4 Å². The Morgan fingerprint density at radius 1 is 0.696 bits per heavy atom. The molecular weight excluding hydrogens is 282 g/mol. The molecule has 3 nitrogen and oxygen atoms in total. The van der Waals surface area contributed by atoms with Gasteiger partial charge in [0.05, 0.1) is 0 Å². The average Bonchev–Trinajstić information content (AvgIpc) is 2.55. The van der Waals surface area contributed by atoms with Gasteiger partial charge in [0.2, 0.25) is 0 Å². The van der Waals surface area contributed by atoms with Crippen molar-refractivity contribution in [3.05, 3.63) is 0 Å². The molecule has 0 aliphatic carbocycles. The summed E-state index contributed by atoms with van der Waals surface area (Å²) < 4.78 is 0. The van der Waals surface area contributed by atoms with Crippen LogP contribution in [0.5, 0.6) is 0 Å². The fraction of sp³-hybridized carbons (Fsp3) is 1.00. The standard InChI is InChI=1S/C20H41N3/c1-18(2)20-8-12-21(13-9-20)10-6-5-7-11-22-14-16-23(17-15-22)19(3)4/h18-20H,5-17H2,1-4H3. The van der Waals surface area contributed by atoms with E-state index in [2.05, 4.69) is 42.4 Å². The van der Waals surface area contributed by atoms with Gasteiger partial charge in [-0.3, -0.25) is 4.90 Å². The summed E-state index contributed by atoms with van der Waals surface area (Å²) >= 11 is 0. The van der Waals surface area contributed by atoms with Crippen LogP contribution in [0.25, 0.3) is 0 Å². The number of nitrogens with zero attached hydrogens (tertiary/aromatic N) is 3. The molecule has 136 valence electrons. The van der Waals surface area contributed by atoms with Gasteiger partial charge in [-0.2, -0.15) is 0 Å². The molecule has 2 fully saturated rings. The first kappa shape index (κ1) is 19.2. The van der Waals surface area contributed by atoms with E-state index in [-0.39, 0.29) is 0 Å². The van der Waals surface area contributed by atoms with Crippen molar-refractivity contribution in [2.24, 2.45) is 11.8 Å². The molecule has 2 heterocycles. The minimum atomic E-state index is 0.719. The summed E-state index contributed by atoms with van der Waals surface area (Å²) in [5.74, 6) is 1.86. The number of likely N-dealkylation sites (tertiary alicyclic amines) is 1. The maximum Gasteiger partial charge on any atom is 0.0113 e. The molecule has 0 unspecified atom stereocenters. The van der Waals surface area contributed by atoms with Crippen LogP contribution in [0.4, 0.5) is 0 Å². The number of piperazine rings is 1. The quantitative estimate of drug-likeness (QED) is 0.633. The lowest BCUT2D eigenvalue weighted by molar-refractivity contribution is 0.106. The van der Waals surface area contributed by atoms with E-state index in [9.17, 15) is 0 Å². The topological polar surface area (TPSA) is 9.72 Å². The largest absolute Gasteiger partial charge is 0.303 e. The lowest BCUT2D eigenvalue weighted by atomic mass is 9.87. The van der Waals surface area contributed by atoms with Gasteiger partial charge in [0.25, 0.3) is 0 Å². The van der Waals surface area contributed by atoms with Gasteiger partial charge in [-0.05, 0) is 77.5 Å². The normalized spacial score (nSPS) is 23.2. The predicted molar refractivity (Wildman–Crippen MR) is 101 cm³/mol. The van der Waals surface area contributed by atoms with Gasteiger partial charge in [0.1, 0.15) is 0 Å². The second-order valence-corrected chi connectivity index (χ2v) is 8.46. The first-order valence-corrected chi connectivity index (χ1v) is 10.2. The second kappa shape index (κ2) is 10.0. The third kappa shape index (κ3) is 6.72. The smallest absolute Gasteiger partial charge is 0.0113 e. The van der Waals surface area contributed by atoms with Gasteiger partial charge in [-0.1, -0.05) is 20.3 Å². The Morgan fingerprint density at radius 2 is 1.22 bits per heavy atom. The first-order chi connectivity index (χ1) is 11.1. The molecule has 0 N–H and O–H groups in total. The Hall–Kier alpha value is -0.120. The van der Waals surface area contributed by atoms with E-state index >= 15 is 0 Å². The Labute approximate surface area is 145 Å². The van der Waals surface area contributed by atoms with Crippen LogP contribution in [0.1, 0.15) is 59.8 Å². The lowest BCUT2D eigenvalue weighted by Gasteiger charge is -2.37. The zero-order valence-corrected chi connectivity index (χ0v) is 16.3. The van der Waals surface area contributed by atoms with E-state index in [0.29, 0.717) is 0 Å². The molecule has 0 spiro atoms. The molecule has 2 rings (SSSR count). The number of unbranched alkanes of at least 4 members (excludes halogenated alkanes) is 2. The molecule has 2 saturated heterocycles. The number of hydrogen-bond acceptors (Lipinski definition) is 3. The fourth-order valence-electron chi connectivity index (χ4n) is 4.19. The van der Waals surface area contributed by atoms with Crippen molar-refractivity contribution in [3.8, 4) is 0 Å². The maximum atomic E-state index is 2.71. The van der Waals surface area contributed by atoms with Gasteiger partial charge < -0.3 is 9.80 Å². The van der Waals surface area contributed by atoms with Crippen molar-refractivity contribution in [2.45, 2.75) is 65.8 Å². The molecule has 2 aliphatic heterocycles. The van der Waals surface area contributed by atoms with E-state index in [1.54, 1.807) is 0 Å². The van der Waals surface area contributed by atoms with Gasteiger partial charge >= 0.3 is 0 Å². The van der Waals surface area contributed by atoms with Crippen LogP contribution in [-0.4, -0.2) is 73.1 Å². The minimum Gasteiger partial charge on any atom is -0.303 e. The van der Waals surface area contributed by atoms with E-state index in [1.165, 1.54) is 84.5 Å². The monoisotopic (exact) mass is 323 g/mol. The van der Waals surface area contributed by atoms with Crippen molar-refractivity contribution < 1.29 is 0 Å². The summed E-state index contributed by atoms with van der Waals surface area (Å²) in [4.78, 5) is 7.99. The highest BCUT2D eigenvalue weighted by atomic mass is 15.3. The van der Waals surface area contributed by atoms with Crippen LogP contribution in [0, 0.1) is 11.8 Å². The number of piperidine rings is 1. The fourth-order valence-corrected chi connectivity index (χ4v) is 4.19. The summed E-state index contributed by atoms with van der Waals surface area (Å²) in [5, 5.41) is 0. The van der Waals surface area contributed by atoms with E-state index in [1.807, 2.05) is 0 Å². The molecule has 0 aromatic carbocycles. The highest BCUT2D eigenvalue weighted by molar-refractivity contribution is 4.75. The average molecular weight is 324 g/mol. The third-order valence-corrected chi connectivity index (χ3v) is 6.16. The highest BCUT2D eigenvalue weighted by Crippen LogP contribution is 2.24. The first-order valence-electron chi connectivity index (χ1n) is 10.2. The lowest BCUT2D eigenvalue weighted by Crippen LogP contribution is -2.48. The van der Waals surface area contributed by atoms with Crippen LogP contribution in [0.15, 0.2) is 0 Å². The highest BCUT2D eigenvalue weighted by Gasteiger charge is 2.21. The van der Waals surface area contributed by atoms with Crippen LogP contribution in [-0.2, 0) is 0 Å². The second-order valence-electron chi connectivity index (χ2n) is 8.46. The molecule has 3 heteroatoms. The minimum absolute atomic E-state index is 0.719. The number of rotatable bonds is 8. The van der Waals surface area contributed by atoms with Crippen molar-refractivity contribution in [1.82, 2.24) is 14.7 Å². The number of hydrogen-bond donors (Lipinski definition) is 0. The zero-order valence-electron chi connectivity index (χ0n) is 16.3. The van der Waals surface area contributed by atoms with Crippen molar-refractivity contribution >= 4 is 0 Å². The Balaban J connectivity index is 1.46. The summed E-state index contributed by atoms with van der Waals surface area (Å²) in [6.45, 7) is 19.9. The van der Waals surface area contributed by atoms with Gasteiger partial charge in [-0.25, -0.2) is 0 Å². The van der Waals surface area contributed by atoms with Crippen LogP contribution in [0.2, 0.25) is 0 Å². The third-order valence-electron chi connectivity index (χ3n) is 6.16. The Bertz CT molecular complexity index is 270. The summed E-state index contributed by atoms with van der Waals surface area (Å²) in [6, 6.07) is 0.719. The molecule has 2 aliphatic rings. The summed E-state index contributed by atoms with van der Waals surface area (Å²) in [7, 11) is 0. The SMILES string of the molecule is CC(C)C1CCN(CCCCCN2CCN(C(C)C)CC2)CC1. The molecular formula is C20H41N3. The molecule has 23 heavy (non-hydrogen) atoms. The van der Waals surface area contributed by atoms with Crippen molar-refractivity contribution in [3.63, 3.8) is 0 Å². The summed E-state index contributed by atoms with van der Waals surface area (Å²) in [6.07, 6.45) is 7.06. The van der Waals surface area contributed by atoms with Crippen LogP contribution >= 0.6 is 0 Å². The van der Waals surface area contributed by atoms with Crippen LogP contribution in [0.3, 0.4) is 0 Å². The Kier molecular flexibility index (Phi) is 8.35. The molecule has 0 amide bonds. The summed E-state index contributed by atoms with van der Waals surface area (Å²) in [5.41, 5.74) is 0. The van der Waals surface area contributed by atoms with E-state index in [4.69, 9.17) is 0 Å². The van der Waals surface area contributed by atoms with Gasteiger partial charge in [0, 0.05) is 32.2 Å². The van der Waals surface area contributed by atoms with E-state index < -0.39 is 0 Å². The molecule has 0 atom stereocenters. The molecule has 0 aromatic heterocycles. The molecule has 0 aromatic rings. The molecule has 0 bridgehead atoms. The Morgan fingerprint density at radius 3 is 1.70 bits per heavy atom. The van der Waals surface area contributed by atoms with Gasteiger partial charge in [0.15, 0.2) is 0 Å². The molecule has 0 radical (unpaired) electrons. The van der Waals surface area contributed by atoms with Crippen LogP contribution < -0.4 is 0 Å². The van der Waals surface area contributed by atoms with E-state index in [0.717, 1.165) is 17.9 Å². The molecule has 0 saturated carbocycles. The van der Waals surface area contributed by atoms with Gasteiger partial charge in [-0.15, -0.1) is 0 Å². The zero-order chi connectivity index (χ0) is 16.7. The maximum absolute atomic E-state index is 2.71. The van der Waals surface area contributed by atoms with Crippen molar-refractivity contribution in [1.29, 1.82) is 0 Å².